The average Bonchev–Trinajstić information content (AvgIpc) is 3.83. The predicted octanol–water partition coefficient (Wildman–Crippen LogP) is 5.46. The van der Waals surface area contributed by atoms with E-state index in [1.54, 1.807) is 6.20 Å². The number of H-pyrrole nitrogens is 2. The molecule has 4 N–H and O–H groups in total. The number of alkyl carbamates (subject to hydrolysis) is 1. The Balaban J connectivity index is 0.886. The van der Waals surface area contributed by atoms with Crippen LogP contribution in [0.2, 0.25) is 0 Å². The molecule has 4 aromatic rings. The standard InChI is InChI=1S/C44H50N8O7/c1-23(2)37(49-43(55)58-4)41(53)51-33-17-29(33)19-35(51)39-45-21-31(47-39)10-6-24-5-7-27-16-28(9-8-26(27)15-24)32-22-46-40(48-32)36-20-30-18-34(30)52(36)42(54)38(50(3)44(56)57)25-11-13-59-14-12-25/h5,7-9,15-16,21-23,25,29-30,33-38H,11-14,17-20H2,1-4H3,(H,45,47)(H,46,48)(H,49,55)(H,56,57)/t29-,30-,33-,34-,35+,36+,37+,38+/m1/s1. The molecule has 3 saturated heterocycles. The molecule has 2 aromatic carbocycles. The van der Waals surface area contributed by atoms with Gasteiger partial charge in [0.2, 0.25) is 11.8 Å². The molecule has 0 unspecified atom stereocenters. The van der Waals surface area contributed by atoms with Gasteiger partial charge in [-0.3, -0.25) is 14.5 Å². The van der Waals surface area contributed by atoms with E-state index in [1.165, 1.54) is 19.1 Å². The van der Waals surface area contributed by atoms with E-state index in [-0.39, 0.29) is 47.8 Å². The normalized spacial score (nSPS) is 25.4. The van der Waals surface area contributed by atoms with Crippen molar-refractivity contribution in [1.82, 2.24) is 40.0 Å². The number of nitrogens with one attached hydrogen (secondary N) is 3. The number of piperidine rings is 2. The zero-order chi connectivity index (χ0) is 41.1. The number of carboxylic acid groups (broad SMARTS) is 1. The van der Waals surface area contributed by atoms with Crippen molar-refractivity contribution in [2.45, 2.75) is 88.6 Å². The van der Waals surface area contributed by atoms with Crippen LogP contribution in [0.4, 0.5) is 9.59 Å². The first-order valence-electron chi connectivity index (χ1n) is 20.7. The first-order chi connectivity index (χ1) is 28.5. The lowest BCUT2D eigenvalue weighted by atomic mass is 9.89. The van der Waals surface area contributed by atoms with E-state index in [9.17, 15) is 24.3 Å². The van der Waals surface area contributed by atoms with E-state index in [4.69, 9.17) is 14.5 Å². The minimum atomic E-state index is -1.10. The van der Waals surface area contributed by atoms with Crippen LogP contribution in [-0.2, 0) is 19.1 Å². The Labute approximate surface area is 342 Å². The molecule has 308 valence electrons. The first-order valence-corrected chi connectivity index (χ1v) is 20.7. The quantitative estimate of drug-likeness (QED) is 0.160. The minimum absolute atomic E-state index is 0.0923. The van der Waals surface area contributed by atoms with Crippen molar-refractivity contribution in [3.63, 3.8) is 0 Å². The second-order valence-corrected chi connectivity index (χ2v) is 17.2. The van der Waals surface area contributed by atoms with Gasteiger partial charge in [-0.2, -0.15) is 0 Å². The van der Waals surface area contributed by atoms with Gasteiger partial charge in [0.1, 0.15) is 29.4 Å². The molecule has 2 aromatic heterocycles. The van der Waals surface area contributed by atoms with Crippen LogP contribution in [0, 0.1) is 35.5 Å². The third-order valence-electron chi connectivity index (χ3n) is 13.1. The fourth-order valence-electron chi connectivity index (χ4n) is 9.73. The van der Waals surface area contributed by atoms with Gasteiger partial charge in [0.15, 0.2) is 0 Å². The zero-order valence-electron chi connectivity index (χ0n) is 33.7. The maximum Gasteiger partial charge on any atom is 0.407 e. The van der Waals surface area contributed by atoms with E-state index in [0.717, 1.165) is 59.1 Å². The molecule has 8 atom stereocenters. The number of imidazole rings is 2. The lowest BCUT2D eigenvalue weighted by Gasteiger charge is -2.38. The highest BCUT2D eigenvalue weighted by Crippen LogP contribution is 2.54. The number of hydrogen-bond donors (Lipinski definition) is 4. The molecule has 0 radical (unpaired) electrons. The molecule has 2 aliphatic carbocycles. The van der Waals surface area contributed by atoms with Crippen LogP contribution in [0.25, 0.3) is 22.0 Å². The number of carbonyl (C=O) groups excluding carboxylic acids is 3. The summed E-state index contributed by atoms with van der Waals surface area (Å²) in [6.45, 7) is 4.86. The van der Waals surface area contributed by atoms with Gasteiger partial charge >= 0.3 is 12.2 Å². The summed E-state index contributed by atoms with van der Waals surface area (Å²) in [5.74, 6) is 8.24. The molecular formula is C44H50N8O7. The number of hydrogen-bond acceptors (Lipinski definition) is 8. The number of benzene rings is 2. The van der Waals surface area contributed by atoms with Crippen molar-refractivity contribution < 1.29 is 33.8 Å². The number of carbonyl (C=O) groups is 4. The van der Waals surface area contributed by atoms with Gasteiger partial charge in [0.25, 0.3) is 0 Å². The van der Waals surface area contributed by atoms with E-state index in [2.05, 4.69) is 44.2 Å². The molecule has 5 fully saturated rings. The molecule has 2 saturated carbocycles. The Bertz CT molecular complexity index is 2360. The number of likely N-dealkylation sites (N-methyl/N-ethyl adjacent to an activating group) is 1. The fraction of sp³-hybridized carbons (Fsp3) is 0.500. The molecule has 5 aliphatic rings. The number of rotatable bonds is 9. The van der Waals surface area contributed by atoms with Crippen LogP contribution in [0.5, 0.6) is 0 Å². The zero-order valence-corrected chi connectivity index (χ0v) is 33.7. The van der Waals surface area contributed by atoms with Crippen molar-refractivity contribution in [2.24, 2.45) is 23.7 Å². The SMILES string of the molecule is COC(=O)N[C@H](C(=O)N1[C@@H]2C[C@@H]2C[C@H]1c1ncc(C#Cc2ccc3cc(-c4cnc([C@@H]5C[C@H]6C[C@H]6N5C(=O)[C@H](C5CCOCC5)N(C)C(=O)O)[nH]4)ccc3c2)[nH]1)C(C)C. The number of nitrogens with zero attached hydrogens (tertiary/aromatic N) is 5. The number of amides is 4. The van der Waals surface area contributed by atoms with Crippen molar-refractivity contribution in [3.8, 4) is 23.1 Å². The Morgan fingerprint density at radius 2 is 1.53 bits per heavy atom. The summed E-state index contributed by atoms with van der Waals surface area (Å²) < 4.78 is 10.3. The largest absolute Gasteiger partial charge is 0.465 e. The van der Waals surface area contributed by atoms with Gasteiger partial charge in [-0.05, 0) is 97.1 Å². The van der Waals surface area contributed by atoms with E-state index in [1.807, 2.05) is 54.1 Å². The Morgan fingerprint density at radius 3 is 2.20 bits per heavy atom. The van der Waals surface area contributed by atoms with Crippen LogP contribution < -0.4 is 5.32 Å². The topological polar surface area (TPSA) is 186 Å². The molecule has 0 bridgehead atoms. The molecule has 15 nitrogen and oxygen atoms in total. The lowest BCUT2D eigenvalue weighted by molar-refractivity contribution is -0.141. The molecule has 59 heavy (non-hydrogen) atoms. The molecule has 3 aliphatic heterocycles. The summed E-state index contributed by atoms with van der Waals surface area (Å²) in [6, 6.07) is 10.6. The monoisotopic (exact) mass is 802 g/mol. The van der Waals surface area contributed by atoms with Crippen LogP contribution >= 0.6 is 0 Å². The van der Waals surface area contributed by atoms with Gasteiger partial charge in [0, 0.05) is 43.5 Å². The second kappa shape index (κ2) is 15.4. The van der Waals surface area contributed by atoms with E-state index >= 15 is 0 Å². The summed E-state index contributed by atoms with van der Waals surface area (Å²) in [5, 5.41) is 14.7. The molecule has 4 amide bonds. The number of ether oxygens (including phenoxy) is 2. The number of likely N-dealkylation sites (tertiary alicyclic amines) is 2. The van der Waals surface area contributed by atoms with Gasteiger partial charge in [-0.15, -0.1) is 0 Å². The van der Waals surface area contributed by atoms with Crippen LogP contribution in [-0.4, -0.2) is 115 Å². The highest BCUT2D eigenvalue weighted by molar-refractivity contribution is 5.89. The van der Waals surface area contributed by atoms with Crippen molar-refractivity contribution in [3.05, 3.63) is 71.7 Å². The summed E-state index contributed by atoms with van der Waals surface area (Å²) in [6.07, 6.45) is 6.60. The molecule has 9 rings (SSSR count). The van der Waals surface area contributed by atoms with Gasteiger partial charge < -0.3 is 39.7 Å². The maximum absolute atomic E-state index is 14.3. The van der Waals surface area contributed by atoms with Crippen molar-refractivity contribution in [1.29, 1.82) is 0 Å². The smallest absolute Gasteiger partial charge is 0.407 e. The first kappa shape index (κ1) is 38.6. The molecular weight excluding hydrogens is 753 g/mol. The molecule has 0 spiro atoms. The van der Waals surface area contributed by atoms with Gasteiger partial charge in [-0.1, -0.05) is 38.0 Å². The maximum atomic E-state index is 14.3. The number of methoxy groups -OCH3 is 1. The van der Waals surface area contributed by atoms with E-state index in [0.29, 0.717) is 49.4 Å². The summed E-state index contributed by atoms with van der Waals surface area (Å²) in [4.78, 5) is 73.4. The molecule has 15 heteroatoms. The minimum Gasteiger partial charge on any atom is -0.465 e. The Hall–Kier alpha value is -5.88. The predicted molar refractivity (Wildman–Crippen MR) is 216 cm³/mol. The average molecular weight is 803 g/mol. The van der Waals surface area contributed by atoms with Gasteiger partial charge in [0.05, 0.1) is 37.3 Å². The third-order valence-corrected chi connectivity index (χ3v) is 13.1. The number of aromatic nitrogens is 4. The fourth-order valence-corrected chi connectivity index (χ4v) is 9.73. The highest BCUT2D eigenvalue weighted by atomic mass is 16.5. The molecule has 5 heterocycles. The third kappa shape index (κ3) is 7.39. The van der Waals surface area contributed by atoms with Crippen LogP contribution in [0.1, 0.15) is 87.4 Å². The Morgan fingerprint density at radius 1 is 0.881 bits per heavy atom. The second-order valence-electron chi connectivity index (χ2n) is 17.2. The van der Waals surface area contributed by atoms with Crippen LogP contribution in [0.3, 0.4) is 0 Å². The highest BCUT2D eigenvalue weighted by Gasteiger charge is 2.58. The summed E-state index contributed by atoms with van der Waals surface area (Å²) in [7, 11) is 2.79. The van der Waals surface area contributed by atoms with E-state index < -0.39 is 24.3 Å². The number of fused-ring (bicyclic) bond motifs is 3. The van der Waals surface area contributed by atoms with Crippen molar-refractivity contribution in [2.75, 3.05) is 27.4 Å². The van der Waals surface area contributed by atoms with Crippen LogP contribution in [0.15, 0.2) is 48.8 Å². The summed E-state index contributed by atoms with van der Waals surface area (Å²) >= 11 is 0. The summed E-state index contributed by atoms with van der Waals surface area (Å²) in [5.41, 5.74) is 3.30. The Kier molecular flexibility index (Phi) is 10.1. The van der Waals surface area contributed by atoms with Crippen molar-refractivity contribution >= 4 is 34.8 Å². The number of aromatic amines is 2. The van der Waals surface area contributed by atoms with Gasteiger partial charge in [-0.25, -0.2) is 19.6 Å². The lowest BCUT2D eigenvalue weighted by Crippen LogP contribution is -2.54.